The van der Waals surface area contributed by atoms with Gasteiger partial charge in [0.05, 0.1) is 26.6 Å². The molecule has 10 nitrogen and oxygen atoms in total. The Kier molecular flexibility index (Phi) is 14.0. The summed E-state index contributed by atoms with van der Waals surface area (Å²) in [6.45, 7) is 2.55. The first-order valence-electron chi connectivity index (χ1n) is 9.52. The maximum absolute atomic E-state index is 13.6. The number of ether oxygens (including phenoxy) is 2. The minimum Gasteiger partial charge on any atom is -0.461 e. The molecule has 198 valence electrons. The van der Waals surface area contributed by atoms with Crippen LogP contribution in [0.1, 0.15) is 19.4 Å². The minimum absolute atomic E-state index is 0.0416. The van der Waals surface area contributed by atoms with Gasteiger partial charge in [0.25, 0.3) is 11.4 Å². The summed E-state index contributed by atoms with van der Waals surface area (Å²) in [6, 6.07) is 10.8. The summed E-state index contributed by atoms with van der Waals surface area (Å²) in [5, 5.41) is 20.8. The lowest BCUT2D eigenvalue weighted by Gasteiger charge is -2.14. The molecule has 0 saturated carbocycles. The second-order valence-electron chi connectivity index (χ2n) is 6.00. The van der Waals surface area contributed by atoms with Crippen LogP contribution < -0.4 is 0 Å². The highest BCUT2D eigenvalue weighted by Crippen LogP contribution is 2.35. The van der Waals surface area contributed by atoms with Crippen molar-refractivity contribution in [1.82, 2.24) is 0 Å². The lowest BCUT2D eigenvalue weighted by atomic mass is 10.1. The van der Waals surface area contributed by atoms with Crippen LogP contribution in [0.2, 0.25) is 0 Å². The van der Waals surface area contributed by atoms with Gasteiger partial charge in [-0.2, -0.15) is 17.6 Å². The van der Waals surface area contributed by atoms with Crippen LogP contribution in [-0.4, -0.2) is 39.8 Å². The smallest absolute Gasteiger partial charge is 0.395 e. The van der Waals surface area contributed by atoms with Gasteiger partial charge in [0.15, 0.2) is 0 Å². The number of benzene rings is 2. The molecule has 0 spiro atoms. The fourth-order valence-electron chi connectivity index (χ4n) is 2.04. The van der Waals surface area contributed by atoms with Crippen molar-refractivity contribution in [2.24, 2.45) is 0 Å². The zero-order valence-corrected chi connectivity index (χ0v) is 22.2. The lowest BCUT2D eigenvalue weighted by Crippen LogP contribution is -2.29. The molecule has 36 heavy (non-hydrogen) atoms. The Balaban J connectivity index is 0.000000551. The van der Waals surface area contributed by atoms with Crippen LogP contribution >= 0.6 is 38.5 Å². The Bertz CT molecular complexity index is 1070. The number of esters is 2. The first-order valence-corrected chi connectivity index (χ1v) is 11.4. The standard InChI is InChI=1S/C10H9F2NO4.C6H4INO2.C4H5BrF2O2/c1-2-17-9(14)10(11,12)7-5-3-4-6-8(7)13(15)16;7-5-3-1-2-4-6(5)8(9)10;1-2-9-3(8)4(5,6)7/h3-6H,2H2,1H3;1-4H;2H2,1H3. The third kappa shape index (κ3) is 10.8. The number of rotatable bonds is 7. The predicted molar refractivity (Wildman–Crippen MR) is 130 cm³/mol. The van der Waals surface area contributed by atoms with E-state index in [4.69, 9.17) is 0 Å². The monoisotopic (exact) mass is 696 g/mol. The van der Waals surface area contributed by atoms with Crippen molar-refractivity contribution in [1.29, 1.82) is 0 Å². The number of alkyl halides is 5. The van der Waals surface area contributed by atoms with Crippen LogP contribution in [0.3, 0.4) is 0 Å². The normalized spacial score (nSPS) is 10.6. The van der Waals surface area contributed by atoms with E-state index in [0.29, 0.717) is 3.57 Å². The van der Waals surface area contributed by atoms with Gasteiger partial charge in [-0.1, -0.05) is 24.3 Å². The number of carbonyl (C=O) groups is 2. The summed E-state index contributed by atoms with van der Waals surface area (Å²) < 4.78 is 59.5. The molecular formula is C20H18BrF4IN2O8. The molecule has 2 aromatic rings. The molecule has 0 saturated heterocycles. The van der Waals surface area contributed by atoms with E-state index in [2.05, 4.69) is 9.47 Å². The van der Waals surface area contributed by atoms with Crippen LogP contribution in [0, 0.1) is 23.8 Å². The number of halogens is 6. The predicted octanol–water partition coefficient (Wildman–Crippen LogP) is 5.99. The molecule has 0 radical (unpaired) electrons. The van der Waals surface area contributed by atoms with Gasteiger partial charge in [0, 0.05) is 28.1 Å². The molecule has 0 aromatic heterocycles. The number of nitro benzene ring substituents is 2. The third-order valence-electron chi connectivity index (χ3n) is 3.53. The first kappa shape index (κ1) is 33.1. The molecule has 0 bridgehead atoms. The molecule has 0 unspecified atom stereocenters. The zero-order valence-electron chi connectivity index (χ0n) is 18.5. The van der Waals surface area contributed by atoms with E-state index in [1.807, 2.05) is 38.5 Å². The highest BCUT2D eigenvalue weighted by Gasteiger charge is 2.47. The van der Waals surface area contributed by atoms with E-state index in [1.54, 1.807) is 18.2 Å². The van der Waals surface area contributed by atoms with Gasteiger partial charge < -0.3 is 9.47 Å². The van der Waals surface area contributed by atoms with Crippen LogP contribution in [0.5, 0.6) is 0 Å². The molecule has 0 atom stereocenters. The number of nitrogens with zero attached hydrogens (tertiary/aromatic N) is 2. The Morgan fingerprint density at radius 3 is 1.64 bits per heavy atom. The fourth-order valence-corrected chi connectivity index (χ4v) is 2.74. The van der Waals surface area contributed by atoms with Crippen molar-refractivity contribution in [3.63, 3.8) is 0 Å². The zero-order chi connectivity index (χ0) is 28.1. The van der Waals surface area contributed by atoms with Gasteiger partial charge in [-0.3, -0.25) is 20.2 Å². The molecule has 0 fully saturated rings. The quantitative estimate of drug-likeness (QED) is 0.0860. The van der Waals surface area contributed by atoms with E-state index in [0.717, 1.165) is 12.1 Å². The molecule has 0 aliphatic heterocycles. The average Bonchev–Trinajstić information content (AvgIpc) is 2.79. The third-order valence-corrected chi connectivity index (χ3v) is 4.76. The number of nitro groups is 2. The number of hydrogen-bond acceptors (Lipinski definition) is 8. The SMILES string of the molecule is CCOC(=O)C(F)(F)Br.CCOC(=O)C(F)(F)c1ccccc1[N+](=O)[O-].O=[N+]([O-])c1ccccc1I. The highest BCUT2D eigenvalue weighted by atomic mass is 127. The number of para-hydroxylation sites is 2. The molecule has 0 heterocycles. The van der Waals surface area contributed by atoms with Gasteiger partial charge in [-0.25, -0.2) is 9.59 Å². The van der Waals surface area contributed by atoms with E-state index < -0.39 is 38.9 Å². The van der Waals surface area contributed by atoms with Gasteiger partial charge in [0.1, 0.15) is 5.56 Å². The van der Waals surface area contributed by atoms with Crippen molar-refractivity contribution in [2.75, 3.05) is 13.2 Å². The Hall–Kier alpha value is -2.89. The van der Waals surface area contributed by atoms with Crippen molar-refractivity contribution in [3.05, 3.63) is 77.9 Å². The topological polar surface area (TPSA) is 139 Å². The molecular weight excluding hydrogens is 679 g/mol. The summed E-state index contributed by atoms with van der Waals surface area (Å²) in [4.78, 5) is 37.0. The molecule has 0 N–H and O–H groups in total. The van der Waals surface area contributed by atoms with Gasteiger partial charge in [-0.05, 0) is 48.6 Å². The van der Waals surface area contributed by atoms with Gasteiger partial charge >= 0.3 is 22.7 Å². The average molecular weight is 697 g/mol. The Morgan fingerprint density at radius 1 is 0.861 bits per heavy atom. The molecule has 0 aliphatic carbocycles. The van der Waals surface area contributed by atoms with Crippen LogP contribution in [0.4, 0.5) is 28.9 Å². The largest absolute Gasteiger partial charge is 0.461 e. The Morgan fingerprint density at radius 2 is 1.28 bits per heavy atom. The molecule has 2 aromatic carbocycles. The number of hydrogen-bond donors (Lipinski definition) is 0. The van der Waals surface area contributed by atoms with Crippen LogP contribution in [-0.2, 0) is 25.0 Å². The second-order valence-corrected chi connectivity index (χ2v) is 8.15. The van der Waals surface area contributed by atoms with E-state index in [-0.39, 0.29) is 23.8 Å². The van der Waals surface area contributed by atoms with E-state index in [9.17, 15) is 47.4 Å². The summed E-state index contributed by atoms with van der Waals surface area (Å²) in [5.41, 5.74) is -1.61. The van der Waals surface area contributed by atoms with Crippen molar-refractivity contribution >= 4 is 61.8 Å². The van der Waals surface area contributed by atoms with Crippen LogP contribution in [0.25, 0.3) is 0 Å². The highest BCUT2D eigenvalue weighted by molar-refractivity contribution is 14.1. The van der Waals surface area contributed by atoms with Crippen LogP contribution in [0.15, 0.2) is 48.5 Å². The van der Waals surface area contributed by atoms with Crippen molar-refractivity contribution < 1.29 is 46.5 Å². The summed E-state index contributed by atoms with van der Waals surface area (Å²) in [6.07, 6.45) is 0. The van der Waals surface area contributed by atoms with Crippen molar-refractivity contribution in [2.45, 2.75) is 24.6 Å². The Labute approximate surface area is 223 Å². The second kappa shape index (κ2) is 15.3. The molecule has 2 rings (SSSR count). The molecule has 16 heteroatoms. The minimum atomic E-state index is -4.03. The van der Waals surface area contributed by atoms with E-state index >= 15 is 0 Å². The maximum atomic E-state index is 13.6. The fraction of sp³-hybridized carbons (Fsp3) is 0.300. The van der Waals surface area contributed by atoms with Gasteiger partial charge in [-0.15, -0.1) is 0 Å². The number of carbonyl (C=O) groups excluding carboxylic acids is 2. The molecule has 0 amide bonds. The lowest BCUT2D eigenvalue weighted by molar-refractivity contribution is -0.386. The summed E-state index contributed by atoms with van der Waals surface area (Å²) in [5.74, 6) is -7.38. The van der Waals surface area contributed by atoms with E-state index in [1.165, 1.54) is 32.0 Å². The first-order chi connectivity index (χ1) is 16.6. The van der Waals surface area contributed by atoms with Gasteiger partial charge in [0.2, 0.25) is 0 Å². The summed E-state index contributed by atoms with van der Waals surface area (Å²) in [7, 11) is 0. The van der Waals surface area contributed by atoms with Crippen molar-refractivity contribution in [3.8, 4) is 0 Å². The summed E-state index contributed by atoms with van der Waals surface area (Å²) >= 11 is 3.77. The molecule has 0 aliphatic rings. The maximum Gasteiger partial charge on any atom is 0.395 e.